The maximum absolute atomic E-state index is 12.0. The molecule has 1 heterocycles. The fourth-order valence-corrected chi connectivity index (χ4v) is 1.62. The maximum Gasteiger partial charge on any atom is 0.341 e. The third-order valence-electron chi connectivity index (χ3n) is 2.32. The fraction of sp³-hybridized carbons (Fsp3) is 0.0769. The van der Waals surface area contributed by atoms with Crippen LogP contribution in [0.5, 0.6) is 5.75 Å². The van der Waals surface area contributed by atoms with Crippen LogP contribution in [0, 0.1) is 0 Å². The van der Waals surface area contributed by atoms with Crippen LogP contribution in [0.2, 0.25) is 5.15 Å². The highest BCUT2D eigenvalue weighted by Gasteiger charge is 2.12. The van der Waals surface area contributed by atoms with E-state index in [0.717, 1.165) is 0 Å². The molecule has 0 aliphatic carbocycles. The van der Waals surface area contributed by atoms with Crippen molar-refractivity contribution in [1.29, 1.82) is 0 Å². The molecule has 2 rings (SSSR count). The summed E-state index contributed by atoms with van der Waals surface area (Å²) in [7, 11) is 0. The topological polar surface area (TPSA) is 101 Å². The van der Waals surface area contributed by atoms with Gasteiger partial charge >= 0.3 is 5.97 Å². The lowest BCUT2D eigenvalue weighted by Crippen LogP contribution is -2.16. The number of nitrogens with zero attached hydrogens (tertiary/aromatic N) is 2. The van der Waals surface area contributed by atoms with E-state index in [1.165, 1.54) is 12.4 Å². The summed E-state index contributed by atoms with van der Waals surface area (Å²) < 4.78 is 5.08. The standard InChI is InChI=1S/C13H10ClN3O4/c14-11-6-15-5-9(16-11)13(20)17-8-3-1-2-4-10(8)21-7-12(18)19/h1-6H,7H2,(H,17,20)(H,18,19). The average Bonchev–Trinajstić information content (AvgIpc) is 2.46. The van der Waals surface area contributed by atoms with Crippen LogP contribution in [0.4, 0.5) is 5.69 Å². The SMILES string of the molecule is O=C(O)COc1ccccc1NC(=O)c1cncc(Cl)n1. The van der Waals surface area contributed by atoms with Gasteiger partial charge in [0.25, 0.3) is 5.91 Å². The van der Waals surface area contributed by atoms with Gasteiger partial charge in [-0.25, -0.2) is 9.78 Å². The van der Waals surface area contributed by atoms with Crippen molar-refractivity contribution < 1.29 is 19.4 Å². The minimum Gasteiger partial charge on any atom is -0.480 e. The molecule has 2 N–H and O–H groups in total. The Morgan fingerprint density at radius 3 is 2.76 bits per heavy atom. The highest BCUT2D eigenvalue weighted by molar-refractivity contribution is 6.29. The first-order valence-electron chi connectivity index (χ1n) is 5.79. The van der Waals surface area contributed by atoms with Gasteiger partial charge in [-0.05, 0) is 12.1 Å². The molecule has 0 aliphatic heterocycles. The summed E-state index contributed by atoms with van der Waals surface area (Å²) in [6.07, 6.45) is 2.57. The van der Waals surface area contributed by atoms with Crippen LogP contribution in [-0.2, 0) is 4.79 Å². The summed E-state index contributed by atoms with van der Waals surface area (Å²) >= 11 is 5.66. The number of para-hydroxylation sites is 2. The zero-order chi connectivity index (χ0) is 15.2. The van der Waals surface area contributed by atoms with E-state index in [0.29, 0.717) is 5.69 Å². The second-order valence-corrected chi connectivity index (χ2v) is 4.25. The Kier molecular flexibility index (Phi) is 4.68. The van der Waals surface area contributed by atoms with E-state index in [-0.39, 0.29) is 16.6 Å². The van der Waals surface area contributed by atoms with Crippen molar-refractivity contribution in [2.75, 3.05) is 11.9 Å². The number of ether oxygens (including phenoxy) is 1. The van der Waals surface area contributed by atoms with Gasteiger partial charge in [-0.1, -0.05) is 23.7 Å². The second-order valence-electron chi connectivity index (χ2n) is 3.86. The zero-order valence-corrected chi connectivity index (χ0v) is 11.4. The number of rotatable bonds is 5. The number of benzene rings is 1. The zero-order valence-electron chi connectivity index (χ0n) is 10.6. The molecule has 0 saturated carbocycles. The smallest absolute Gasteiger partial charge is 0.341 e. The number of nitrogens with one attached hydrogen (secondary N) is 1. The van der Waals surface area contributed by atoms with E-state index in [1.54, 1.807) is 24.3 Å². The van der Waals surface area contributed by atoms with Gasteiger partial charge in [-0.15, -0.1) is 0 Å². The van der Waals surface area contributed by atoms with E-state index in [9.17, 15) is 9.59 Å². The van der Waals surface area contributed by atoms with Crippen molar-refractivity contribution in [3.8, 4) is 5.75 Å². The van der Waals surface area contributed by atoms with Crippen LogP contribution in [0.3, 0.4) is 0 Å². The van der Waals surface area contributed by atoms with E-state index < -0.39 is 18.5 Å². The number of aromatic nitrogens is 2. The predicted octanol–water partition coefficient (Wildman–Crippen LogP) is 1.85. The van der Waals surface area contributed by atoms with Crippen LogP contribution in [0.25, 0.3) is 0 Å². The van der Waals surface area contributed by atoms with Gasteiger partial charge in [0.05, 0.1) is 18.1 Å². The molecule has 21 heavy (non-hydrogen) atoms. The molecule has 0 atom stereocenters. The minimum absolute atomic E-state index is 0.0375. The lowest BCUT2D eigenvalue weighted by molar-refractivity contribution is -0.139. The Bertz CT molecular complexity index is 678. The van der Waals surface area contributed by atoms with Gasteiger partial charge < -0.3 is 15.2 Å². The van der Waals surface area contributed by atoms with Crippen molar-refractivity contribution in [3.05, 3.63) is 47.5 Å². The Morgan fingerprint density at radius 1 is 1.29 bits per heavy atom. The van der Waals surface area contributed by atoms with Crippen LogP contribution in [-0.4, -0.2) is 33.6 Å². The molecule has 1 aromatic heterocycles. The molecule has 0 unspecified atom stereocenters. The molecule has 0 aliphatic rings. The number of amides is 1. The van der Waals surface area contributed by atoms with Gasteiger partial charge in [0, 0.05) is 0 Å². The van der Waals surface area contributed by atoms with E-state index >= 15 is 0 Å². The first kappa shape index (κ1) is 14.7. The van der Waals surface area contributed by atoms with E-state index in [2.05, 4.69) is 15.3 Å². The summed E-state index contributed by atoms with van der Waals surface area (Å²) in [4.78, 5) is 30.1. The number of aliphatic carboxylic acids is 1. The largest absolute Gasteiger partial charge is 0.480 e. The summed E-state index contributed by atoms with van der Waals surface area (Å²) in [5.74, 6) is -1.41. The Balaban J connectivity index is 2.15. The molecule has 0 spiro atoms. The third-order valence-corrected chi connectivity index (χ3v) is 2.51. The molecule has 8 heteroatoms. The monoisotopic (exact) mass is 307 g/mol. The number of carboxylic acid groups (broad SMARTS) is 1. The number of anilines is 1. The summed E-state index contributed by atoms with van der Waals surface area (Å²) in [5, 5.41) is 11.3. The van der Waals surface area contributed by atoms with Crippen LogP contribution in [0.1, 0.15) is 10.5 Å². The first-order chi connectivity index (χ1) is 10.1. The normalized spacial score (nSPS) is 9.95. The minimum atomic E-state index is -1.11. The van der Waals surface area contributed by atoms with Gasteiger partial charge in [0.15, 0.2) is 6.61 Å². The van der Waals surface area contributed by atoms with Crippen molar-refractivity contribution in [3.63, 3.8) is 0 Å². The lowest BCUT2D eigenvalue weighted by Gasteiger charge is -2.10. The van der Waals surface area contributed by atoms with Gasteiger partial charge in [-0.2, -0.15) is 0 Å². The number of carbonyl (C=O) groups is 2. The molecular formula is C13H10ClN3O4. The quantitative estimate of drug-likeness (QED) is 0.874. The summed E-state index contributed by atoms with van der Waals surface area (Å²) in [5.41, 5.74) is 0.362. The van der Waals surface area contributed by atoms with Crippen LogP contribution >= 0.6 is 11.6 Å². The van der Waals surface area contributed by atoms with Gasteiger partial charge in [0.2, 0.25) is 0 Å². The molecule has 0 saturated heterocycles. The van der Waals surface area contributed by atoms with Crippen molar-refractivity contribution in [2.45, 2.75) is 0 Å². The highest BCUT2D eigenvalue weighted by atomic mass is 35.5. The number of hydrogen-bond donors (Lipinski definition) is 2. The molecule has 108 valence electrons. The Labute approximate surface area is 124 Å². The molecule has 1 aromatic carbocycles. The number of halogens is 1. The predicted molar refractivity (Wildman–Crippen MR) is 74.6 cm³/mol. The Morgan fingerprint density at radius 2 is 2.05 bits per heavy atom. The number of hydrogen-bond acceptors (Lipinski definition) is 5. The molecule has 0 fully saturated rings. The van der Waals surface area contributed by atoms with Crippen LogP contribution < -0.4 is 10.1 Å². The molecule has 0 bridgehead atoms. The summed E-state index contributed by atoms with van der Waals surface area (Å²) in [6.45, 7) is -0.510. The van der Waals surface area contributed by atoms with Gasteiger partial charge in [0.1, 0.15) is 16.6 Å². The first-order valence-corrected chi connectivity index (χ1v) is 6.16. The molecule has 1 amide bonds. The van der Waals surface area contributed by atoms with Crippen molar-refractivity contribution in [1.82, 2.24) is 9.97 Å². The number of carboxylic acids is 1. The number of carbonyl (C=O) groups excluding carboxylic acids is 1. The van der Waals surface area contributed by atoms with Crippen LogP contribution in [0.15, 0.2) is 36.7 Å². The third kappa shape index (κ3) is 4.15. The second kappa shape index (κ2) is 6.67. The molecule has 7 nitrogen and oxygen atoms in total. The molecular weight excluding hydrogens is 298 g/mol. The maximum atomic E-state index is 12.0. The lowest BCUT2D eigenvalue weighted by atomic mass is 10.3. The van der Waals surface area contributed by atoms with Crippen molar-refractivity contribution >= 4 is 29.2 Å². The van der Waals surface area contributed by atoms with Gasteiger partial charge in [-0.3, -0.25) is 9.78 Å². The summed E-state index contributed by atoms with van der Waals surface area (Å²) in [6, 6.07) is 6.45. The molecule has 0 radical (unpaired) electrons. The Hall–Kier alpha value is -2.67. The molecule has 2 aromatic rings. The van der Waals surface area contributed by atoms with Crippen molar-refractivity contribution in [2.24, 2.45) is 0 Å². The fourth-order valence-electron chi connectivity index (χ4n) is 1.47. The van der Waals surface area contributed by atoms with E-state index in [4.69, 9.17) is 21.4 Å². The average molecular weight is 308 g/mol. The van der Waals surface area contributed by atoms with E-state index in [1.807, 2.05) is 0 Å². The highest BCUT2D eigenvalue weighted by Crippen LogP contribution is 2.24.